The minimum Gasteiger partial charge on any atom is -0.368 e. The number of carbonyl (C=O) groups is 2. The third-order valence-electron chi connectivity index (χ3n) is 6.13. The summed E-state index contributed by atoms with van der Waals surface area (Å²) in [5.74, 6) is 0.0216. The molecule has 166 valence electrons. The van der Waals surface area contributed by atoms with Gasteiger partial charge in [-0.1, -0.05) is 12.1 Å². The molecule has 8 heteroatoms. The zero-order chi connectivity index (χ0) is 21.8. The number of aromatic nitrogens is 2. The summed E-state index contributed by atoms with van der Waals surface area (Å²) in [5.41, 5.74) is 2.19. The normalized spacial score (nSPS) is 19.5. The van der Waals surface area contributed by atoms with E-state index in [9.17, 15) is 14.0 Å². The number of hydrogen-bond donors (Lipinski definition) is 1. The summed E-state index contributed by atoms with van der Waals surface area (Å²) in [4.78, 5) is 27.2. The third kappa shape index (κ3) is 5.31. The second-order valence-electron chi connectivity index (χ2n) is 8.45. The van der Waals surface area contributed by atoms with Gasteiger partial charge >= 0.3 is 0 Å². The second kappa shape index (κ2) is 9.60. The lowest BCUT2D eigenvalue weighted by Crippen LogP contribution is -2.44. The number of nitrogens with zero attached hydrogens (tertiary/aromatic N) is 3. The van der Waals surface area contributed by atoms with Crippen LogP contribution in [0.5, 0.6) is 0 Å². The predicted octanol–water partition coefficient (Wildman–Crippen LogP) is 2.45. The molecule has 0 radical (unpaired) electrons. The molecule has 2 fully saturated rings. The summed E-state index contributed by atoms with van der Waals surface area (Å²) in [5, 5.41) is 7.41. The van der Waals surface area contributed by atoms with Gasteiger partial charge in [0.1, 0.15) is 11.9 Å². The number of halogens is 1. The quantitative estimate of drug-likeness (QED) is 0.767. The van der Waals surface area contributed by atoms with E-state index in [1.165, 1.54) is 12.1 Å². The Bertz CT molecular complexity index is 913. The molecule has 2 aliphatic heterocycles. The minimum absolute atomic E-state index is 0.120. The lowest BCUT2D eigenvalue weighted by Gasteiger charge is -2.33. The van der Waals surface area contributed by atoms with E-state index in [0.717, 1.165) is 50.0 Å². The molecule has 31 heavy (non-hydrogen) atoms. The van der Waals surface area contributed by atoms with Crippen LogP contribution in [-0.4, -0.2) is 52.3 Å². The first-order valence-electron chi connectivity index (χ1n) is 10.9. The van der Waals surface area contributed by atoms with Crippen molar-refractivity contribution in [2.24, 2.45) is 13.0 Å². The lowest BCUT2D eigenvalue weighted by atomic mass is 9.91. The first-order chi connectivity index (χ1) is 15.0. The minimum atomic E-state index is -0.298. The Labute approximate surface area is 181 Å². The molecular formula is C23H29FN4O3. The number of nitrogens with one attached hydrogen (secondary N) is 1. The Kier molecular flexibility index (Phi) is 6.65. The van der Waals surface area contributed by atoms with Crippen molar-refractivity contribution in [2.45, 2.75) is 44.8 Å². The van der Waals surface area contributed by atoms with Crippen molar-refractivity contribution in [1.82, 2.24) is 20.0 Å². The Hall–Kier alpha value is -2.74. The van der Waals surface area contributed by atoms with Crippen molar-refractivity contribution < 1.29 is 18.7 Å². The molecular weight excluding hydrogens is 399 g/mol. The van der Waals surface area contributed by atoms with Gasteiger partial charge in [-0.15, -0.1) is 0 Å². The van der Waals surface area contributed by atoms with Crippen molar-refractivity contribution in [3.05, 3.63) is 53.1 Å². The van der Waals surface area contributed by atoms with Gasteiger partial charge in [-0.25, -0.2) is 4.39 Å². The topological polar surface area (TPSA) is 76.5 Å². The van der Waals surface area contributed by atoms with Crippen LogP contribution in [0.15, 0.2) is 30.5 Å². The van der Waals surface area contributed by atoms with Crippen LogP contribution in [0.25, 0.3) is 0 Å². The number of amides is 2. The van der Waals surface area contributed by atoms with Crippen molar-refractivity contribution in [2.75, 3.05) is 19.7 Å². The number of benzene rings is 1. The number of piperidine rings is 1. The van der Waals surface area contributed by atoms with Gasteiger partial charge in [-0.05, 0) is 55.7 Å². The van der Waals surface area contributed by atoms with Gasteiger partial charge in [0.2, 0.25) is 0 Å². The van der Waals surface area contributed by atoms with Crippen molar-refractivity contribution in [3.8, 4) is 0 Å². The number of rotatable bonds is 6. The summed E-state index contributed by atoms with van der Waals surface area (Å²) < 4.78 is 20.2. The van der Waals surface area contributed by atoms with Gasteiger partial charge in [0, 0.05) is 39.5 Å². The van der Waals surface area contributed by atoms with E-state index in [4.69, 9.17) is 4.74 Å². The van der Waals surface area contributed by atoms with E-state index in [1.54, 1.807) is 23.0 Å². The fraction of sp³-hybridized carbons (Fsp3) is 0.522. The van der Waals surface area contributed by atoms with E-state index < -0.39 is 0 Å². The maximum atomic E-state index is 13.0. The van der Waals surface area contributed by atoms with Gasteiger partial charge in [0.25, 0.3) is 11.8 Å². The molecule has 0 unspecified atom stereocenters. The highest BCUT2D eigenvalue weighted by atomic mass is 19.1. The van der Waals surface area contributed by atoms with Crippen molar-refractivity contribution >= 4 is 11.8 Å². The number of hydrogen-bond acceptors (Lipinski definition) is 4. The maximum absolute atomic E-state index is 13.0. The number of aryl methyl sites for hydroxylation is 1. The first-order valence-corrected chi connectivity index (χ1v) is 10.9. The SMILES string of the molecule is Cn1cc(C(=O)NCc2ccc(F)cc2)c(CC2CCN(C(=O)[C@@H]3CCCO3)CC2)n1. The highest BCUT2D eigenvalue weighted by Crippen LogP contribution is 2.25. The summed E-state index contributed by atoms with van der Waals surface area (Å²) in [6, 6.07) is 6.08. The van der Waals surface area contributed by atoms with Gasteiger partial charge < -0.3 is 15.0 Å². The van der Waals surface area contributed by atoms with Crippen LogP contribution in [0, 0.1) is 11.7 Å². The highest BCUT2D eigenvalue weighted by molar-refractivity contribution is 5.95. The molecule has 3 heterocycles. The molecule has 2 aromatic rings. The molecule has 2 saturated heterocycles. The Morgan fingerprint density at radius 1 is 1.19 bits per heavy atom. The van der Waals surface area contributed by atoms with E-state index >= 15 is 0 Å². The van der Waals surface area contributed by atoms with Gasteiger partial charge in [-0.2, -0.15) is 5.10 Å². The Balaban J connectivity index is 1.31. The molecule has 1 aromatic heterocycles. The van der Waals surface area contributed by atoms with Crippen LogP contribution in [0.3, 0.4) is 0 Å². The van der Waals surface area contributed by atoms with E-state index in [0.29, 0.717) is 31.1 Å². The number of ether oxygens (including phenoxy) is 1. The summed E-state index contributed by atoms with van der Waals surface area (Å²) >= 11 is 0. The largest absolute Gasteiger partial charge is 0.368 e. The standard InChI is InChI=1S/C23H29FN4O3/c1-27-15-19(22(29)25-14-17-4-6-18(24)7-5-17)20(26-27)13-16-8-10-28(11-9-16)23(30)21-3-2-12-31-21/h4-7,15-16,21H,2-3,8-14H2,1H3,(H,25,29)/t21-/m0/s1. The van der Waals surface area contributed by atoms with E-state index in [2.05, 4.69) is 10.4 Å². The van der Waals surface area contributed by atoms with Crippen LogP contribution in [0.4, 0.5) is 4.39 Å². The van der Waals surface area contributed by atoms with Gasteiger partial charge in [0.05, 0.1) is 11.3 Å². The Morgan fingerprint density at radius 2 is 1.94 bits per heavy atom. The highest BCUT2D eigenvalue weighted by Gasteiger charge is 2.31. The molecule has 0 saturated carbocycles. The van der Waals surface area contributed by atoms with Gasteiger partial charge in [-0.3, -0.25) is 14.3 Å². The van der Waals surface area contributed by atoms with Crippen LogP contribution in [0.2, 0.25) is 0 Å². The monoisotopic (exact) mass is 428 g/mol. The molecule has 0 bridgehead atoms. The molecule has 0 aliphatic carbocycles. The maximum Gasteiger partial charge on any atom is 0.255 e. The van der Waals surface area contributed by atoms with Crippen molar-refractivity contribution in [3.63, 3.8) is 0 Å². The molecule has 2 aliphatic rings. The molecule has 1 N–H and O–H groups in total. The fourth-order valence-electron chi connectivity index (χ4n) is 4.36. The average Bonchev–Trinajstić information content (AvgIpc) is 3.43. The molecule has 0 spiro atoms. The van der Waals surface area contributed by atoms with Crippen LogP contribution < -0.4 is 5.32 Å². The van der Waals surface area contributed by atoms with Crippen molar-refractivity contribution in [1.29, 1.82) is 0 Å². The van der Waals surface area contributed by atoms with E-state index in [-0.39, 0.29) is 23.7 Å². The smallest absolute Gasteiger partial charge is 0.255 e. The Morgan fingerprint density at radius 3 is 2.61 bits per heavy atom. The lowest BCUT2D eigenvalue weighted by molar-refractivity contribution is -0.142. The van der Waals surface area contributed by atoms with Gasteiger partial charge in [0.15, 0.2) is 0 Å². The number of carbonyl (C=O) groups excluding carboxylic acids is 2. The molecule has 1 aromatic carbocycles. The molecule has 4 rings (SSSR count). The van der Waals surface area contributed by atoms with Crippen LogP contribution >= 0.6 is 0 Å². The molecule has 2 amide bonds. The predicted molar refractivity (Wildman–Crippen MR) is 113 cm³/mol. The summed E-state index contributed by atoms with van der Waals surface area (Å²) in [7, 11) is 1.81. The zero-order valence-corrected chi connectivity index (χ0v) is 17.8. The number of likely N-dealkylation sites (tertiary alicyclic amines) is 1. The van der Waals surface area contributed by atoms with E-state index in [1.807, 2.05) is 11.9 Å². The summed E-state index contributed by atoms with van der Waals surface area (Å²) in [6.45, 7) is 2.46. The zero-order valence-electron chi connectivity index (χ0n) is 17.8. The molecule has 7 nitrogen and oxygen atoms in total. The second-order valence-corrected chi connectivity index (χ2v) is 8.45. The molecule has 1 atom stereocenters. The first kappa shape index (κ1) is 21.5. The third-order valence-corrected chi connectivity index (χ3v) is 6.13. The fourth-order valence-corrected chi connectivity index (χ4v) is 4.36. The summed E-state index contributed by atoms with van der Waals surface area (Å²) in [6.07, 6.45) is 5.76. The van der Waals surface area contributed by atoms with Crippen LogP contribution in [0.1, 0.15) is 47.3 Å². The van der Waals surface area contributed by atoms with Crippen LogP contribution in [-0.2, 0) is 29.5 Å². The average molecular weight is 429 g/mol.